The fourth-order valence-electron chi connectivity index (χ4n) is 2.40. The number of aromatic nitrogens is 1. The van der Waals surface area contributed by atoms with Crippen LogP contribution in [0.25, 0.3) is 10.9 Å². The van der Waals surface area contributed by atoms with E-state index in [1.807, 2.05) is 51.3 Å². The number of hydrogen-bond acceptors (Lipinski definition) is 5. The molecule has 0 atom stereocenters. The standard InChI is InChI=1S/C16H18N2O2S2/c1-16(2,3)20-15(19)18-12-8-6-5-7-10(12)11-9-17-14(21-4)22-13(11)18/h5-8H,9H2,1-4H3. The number of hydrogen-bond donors (Lipinski definition) is 0. The van der Waals surface area contributed by atoms with Crippen LogP contribution in [0.3, 0.4) is 0 Å². The van der Waals surface area contributed by atoms with Gasteiger partial charge in [-0.3, -0.25) is 4.99 Å². The van der Waals surface area contributed by atoms with Gasteiger partial charge in [-0.2, -0.15) is 0 Å². The minimum Gasteiger partial charge on any atom is -0.443 e. The number of carbonyl (C=O) groups excluding carboxylic acids is 1. The second-order valence-corrected chi connectivity index (χ2v) is 8.04. The van der Waals surface area contributed by atoms with E-state index in [1.54, 1.807) is 16.3 Å². The summed E-state index contributed by atoms with van der Waals surface area (Å²) in [5.41, 5.74) is 1.46. The Morgan fingerprint density at radius 2 is 2.09 bits per heavy atom. The fourth-order valence-corrected chi connectivity index (χ4v) is 4.02. The van der Waals surface area contributed by atoms with Gasteiger partial charge in [0.1, 0.15) is 9.98 Å². The van der Waals surface area contributed by atoms with Crippen LogP contribution < -0.4 is 0 Å². The number of fused-ring (bicyclic) bond motifs is 3. The molecule has 2 aromatic rings. The number of para-hydroxylation sites is 1. The van der Waals surface area contributed by atoms with Gasteiger partial charge in [0.15, 0.2) is 0 Å². The summed E-state index contributed by atoms with van der Waals surface area (Å²) < 4.78 is 8.25. The molecular formula is C16H18N2O2S2. The molecule has 0 fully saturated rings. The summed E-state index contributed by atoms with van der Waals surface area (Å²) in [5.74, 6) is 0. The summed E-state index contributed by atoms with van der Waals surface area (Å²) in [6.07, 6.45) is 1.66. The van der Waals surface area contributed by atoms with Crippen LogP contribution in [0.4, 0.5) is 4.79 Å². The summed E-state index contributed by atoms with van der Waals surface area (Å²) >= 11 is 3.14. The van der Waals surface area contributed by atoms with E-state index in [1.165, 1.54) is 11.8 Å². The predicted octanol–water partition coefficient (Wildman–Crippen LogP) is 4.75. The van der Waals surface area contributed by atoms with Crippen LogP contribution >= 0.6 is 23.5 Å². The average Bonchev–Trinajstić information content (AvgIpc) is 2.78. The summed E-state index contributed by atoms with van der Waals surface area (Å²) in [4.78, 5) is 17.2. The smallest absolute Gasteiger partial charge is 0.419 e. The lowest BCUT2D eigenvalue weighted by atomic mass is 10.2. The Morgan fingerprint density at radius 1 is 1.36 bits per heavy atom. The molecule has 2 heterocycles. The van der Waals surface area contributed by atoms with E-state index in [2.05, 4.69) is 4.99 Å². The highest BCUT2D eigenvalue weighted by molar-refractivity contribution is 8.38. The number of thioether (sulfide) groups is 2. The van der Waals surface area contributed by atoms with Gasteiger partial charge in [0.25, 0.3) is 0 Å². The first kappa shape index (κ1) is 15.5. The molecule has 0 amide bonds. The second kappa shape index (κ2) is 5.66. The Labute approximate surface area is 138 Å². The molecule has 1 aromatic heterocycles. The van der Waals surface area contributed by atoms with Crippen molar-refractivity contribution in [3.05, 3.63) is 29.8 Å². The molecule has 0 saturated heterocycles. The highest BCUT2D eigenvalue weighted by Crippen LogP contribution is 2.39. The van der Waals surface area contributed by atoms with Crippen LogP contribution in [-0.2, 0) is 11.3 Å². The fraction of sp³-hybridized carbons (Fsp3) is 0.375. The first-order valence-corrected chi connectivity index (χ1v) is 9.07. The zero-order chi connectivity index (χ0) is 15.9. The normalized spacial score (nSPS) is 14.6. The maximum absolute atomic E-state index is 12.7. The van der Waals surface area contributed by atoms with Gasteiger partial charge >= 0.3 is 6.09 Å². The van der Waals surface area contributed by atoms with Gasteiger partial charge < -0.3 is 4.74 Å². The molecule has 0 N–H and O–H groups in total. The Bertz CT molecular complexity index is 772. The maximum Gasteiger partial charge on any atom is 0.419 e. The quantitative estimate of drug-likeness (QED) is 0.697. The molecule has 1 aliphatic rings. The molecule has 3 rings (SSSR count). The van der Waals surface area contributed by atoms with Gasteiger partial charge in [-0.25, -0.2) is 9.36 Å². The molecule has 0 saturated carbocycles. The summed E-state index contributed by atoms with van der Waals surface area (Å²) in [7, 11) is 0. The van der Waals surface area contributed by atoms with Gasteiger partial charge in [-0.15, -0.1) is 11.8 Å². The highest BCUT2D eigenvalue weighted by atomic mass is 32.2. The van der Waals surface area contributed by atoms with E-state index in [-0.39, 0.29) is 6.09 Å². The van der Waals surface area contributed by atoms with Crippen molar-refractivity contribution in [1.29, 1.82) is 0 Å². The topological polar surface area (TPSA) is 43.6 Å². The van der Waals surface area contributed by atoms with Crippen molar-refractivity contribution in [2.75, 3.05) is 6.26 Å². The molecule has 0 bridgehead atoms. The lowest BCUT2D eigenvalue weighted by Gasteiger charge is -2.21. The van der Waals surface area contributed by atoms with Crippen LogP contribution in [0, 0.1) is 0 Å². The third-order valence-electron chi connectivity index (χ3n) is 3.23. The van der Waals surface area contributed by atoms with E-state index in [0.29, 0.717) is 6.54 Å². The van der Waals surface area contributed by atoms with Gasteiger partial charge in [-0.1, -0.05) is 18.2 Å². The predicted molar refractivity (Wildman–Crippen MR) is 94.1 cm³/mol. The van der Waals surface area contributed by atoms with Crippen molar-refractivity contribution in [3.63, 3.8) is 0 Å². The molecule has 1 aliphatic heterocycles. The van der Waals surface area contributed by atoms with Gasteiger partial charge in [0.05, 0.1) is 17.1 Å². The number of benzene rings is 1. The monoisotopic (exact) mass is 334 g/mol. The third-order valence-corrected chi connectivity index (χ3v) is 5.39. The van der Waals surface area contributed by atoms with E-state index in [0.717, 1.165) is 25.9 Å². The number of aliphatic imine (C=N–C) groups is 1. The highest BCUT2D eigenvalue weighted by Gasteiger charge is 2.28. The van der Waals surface area contributed by atoms with Crippen LogP contribution in [0.1, 0.15) is 26.3 Å². The number of ether oxygens (including phenoxy) is 1. The van der Waals surface area contributed by atoms with Crippen molar-refractivity contribution in [2.45, 2.75) is 37.9 Å². The van der Waals surface area contributed by atoms with E-state index >= 15 is 0 Å². The average molecular weight is 334 g/mol. The van der Waals surface area contributed by atoms with Crippen LogP contribution in [0.5, 0.6) is 0 Å². The molecule has 0 radical (unpaired) electrons. The number of rotatable bonds is 0. The summed E-state index contributed by atoms with van der Waals surface area (Å²) in [5, 5.41) is 1.99. The number of nitrogens with zero attached hydrogens (tertiary/aromatic N) is 2. The van der Waals surface area contributed by atoms with Crippen LogP contribution in [0.2, 0.25) is 0 Å². The zero-order valence-corrected chi connectivity index (χ0v) is 14.7. The lowest BCUT2D eigenvalue weighted by molar-refractivity contribution is 0.0531. The summed E-state index contributed by atoms with van der Waals surface area (Å²) in [6.45, 7) is 6.25. The van der Waals surface area contributed by atoms with Gasteiger partial charge in [0.2, 0.25) is 0 Å². The largest absolute Gasteiger partial charge is 0.443 e. The Balaban J connectivity index is 2.16. The maximum atomic E-state index is 12.7. The molecule has 4 nitrogen and oxygen atoms in total. The van der Waals surface area contributed by atoms with Crippen molar-refractivity contribution in [3.8, 4) is 0 Å². The summed E-state index contributed by atoms with van der Waals surface area (Å²) in [6, 6.07) is 7.92. The molecular weight excluding hydrogens is 316 g/mol. The zero-order valence-electron chi connectivity index (χ0n) is 13.0. The molecule has 0 unspecified atom stereocenters. The first-order valence-electron chi connectivity index (χ1n) is 7.02. The van der Waals surface area contributed by atoms with Crippen LogP contribution in [0.15, 0.2) is 34.3 Å². The van der Waals surface area contributed by atoms with Gasteiger partial charge in [0, 0.05) is 10.9 Å². The van der Waals surface area contributed by atoms with Crippen LogP contribution in [-0.4, -0.2) is 26.9 Å². The molecule has 1 aromatic carbocycles. The SMILES string of the molecule is CSC1=NCc2c(n(C(=O)OC(C)(C)C)c3ccccc23)S1. The van der Waals surface area contributed by atoms with Crippen molar-refractivity contribution >= 4 is 44.9 Å². The lowest BCUT2D eigenvalue weighted by Crippen LogP contribution is -2.27. The van der Waals surface area contributed by atoms with E-state index in [4.69, 9.17) is 4.74 Å². The minimum atomic E-state index is -0.523. The molecule has 0 aliphatic carbocycles. The third kappa shape index (κ3) is 2.77. The molecule has 0 spiro atoms. The molecule has 22 heavy (non-hydrogen) atoms. The number of carbonyl (C=O) groups is 1. The molecule has 6 heteroatoms. The van der Waals surface area contributed by atoms with E-state index in [9.17, 15) is 4.79 Å². The van der Waals surface area contributed by atoms with Gasteiger partial charge in [-0.05, 0) is 44.9 Å². The first-order chi connectivity index (χ1) is 10.4. The van der Waals surface area contributed by atoms with E-state index < -0.39 is 5.60 Å². The Hall–Kier alpha value is -1.40. The molecule has 116 valence electrons. The Kier molecular flexibility index (Phi) is 3.99. The second-order valence-electron chi connectivity index (χ2n) is 6.00. The van der Waals surface area contributed by atoms with Crippen molar-refractivity contribution < 1.29 is 9.53 Å². The minimum absolute atomic E-state index is 0.334. The van der Waals surface area contributed by atoms with Crippen molar-refractivity contribution in [1.82, 2.24) is 4.57 Å². The Morgan fingerprint density at radius 3 is 2.77 bits per heavy atom. The van der Waals surface area contributed by atoms with Crippen molar-refractivity contribution in [2.24, 2.45) is 4.99 Å².